The van der Waals surface area contributed by atoms with Crippen molar-refractivity contribution in [3.8, 4) is 0 Å². The van der Waals surface area contributed by atoms with Crippen LogP contribution in [0.1, 0.15) is 12.5 Å². The highest BCUT2D eigenvalue weighted by Crippen LogP contribution is 2.11. The Morgan fingerprint density at radius 1 is 1.50 bits per heavy atom. The summed E-state index contributed by atoms with van der Waals surface area (Å²) in [5, 5.41) is 0. The smallest absolute Gasteiger partial charge is 0.0410 e. The molecule has 1 aromatic heterocycles. The average Bonchev–Trinajstić information content (AvgIpc) is 2.01. The van der Waals surface area contributed by atoms with Crippen LogP contribution in [0, 0.1) is 0 Å². The topological polar surface area (TPSA) is 16.1 Å². The number of hydrogen-bond acceptors (Lipinski definition) is 2. The third-order valence-corrected chi connectivity index (χ3v) is 2.50. The van der Waals surface area contributed by atoms with Crippen LogP contribution in [0.15, 0.2) is 22.9 Å². The van der Waals surface area contributed by atoms with E-state index in [-0.39, 0.29) is 0 Å². The zero-order valence-electron chi connectivity index (χ0n) is 8.37. The molecule has 1 unspecified atom stereocenters. The van der Waals surface area contributed by atoms with Crippen molar-refractivity contribution in [3.63, 3.8) is 0 Å². The van der Waals surface area contributed by atoms with Crippen molar-refractivity contribution in [1.29, 1.82) is 0 Å². The Kier molecular flexibility index (Phi) is 5.06. The van der Waals surface area contributed by atoms with Gasteiger partial charge in [-0.05, 0) is 34.6 Å². The number of halogens is 2. The van der Waals surface area contributed by atoms with Crippen LogP contribution in [0.25, 0.3) is 0 Å². The highest BCUT2D eigenvalue weighted by molar-refractivity contribution is 9.10. The van der Waals surface area contributed by atoms with E-state index >= 15 is 0 Å². The number of pyridine rings is 1. The molecule has 0 bridgehead atoms. The zero-order valence-corrected chi connectivity index (χ0v) is 11.5. The monoisotopic (exact) mass is 320 g/mol. The van der Waals surface area contributed by atoms with E-state index in [0.717, 1.165) is 17.6 Å². The van der Waals surface area contributed by atoms with Gasteiger partial charge in [0.25, 0.3) is 0 Å². The van der Waals surface area contributed by atoms with Crippen molar-refractivity contribution in [2.75, 3.05) is 13.6 Å². The molecule has 0 aromatic carbocycles. The van der Waals surface area contributed by atoms with E-state index in [1.165, 1.54) is 5.56 Å². The Labute approximate surface area is 102 Å². The number of alkyl halides is 1. The number of rotatable bonds is 4. The van der Waals surface area contributed by atoms with Gasteiger partial charge in [-0.3, -0.25) is 4.98 Å². The van der Waals surface area contributed by atoms with Gasteiger partial charge < -0.3 is 4.90 Å². The van der Waals surface area contributed by atoms with E-state index in [0.29, 0.717) is 4.83 Å². The predicted octanol–water partition coefficient (Wildman–Crippen LogP) is 3.06. The number of hydrogen-bond donors (Lipinski definition) is 0. The van der Waals surface area contributed by atoms with Crippen LogP contribution in [0.3, 0.4) is 0 Å². The summed E-state index contributed by atoms with van der Waals surface area (Å²) in [4.78, 5) is 6.92. The highest BCUT2D eigenvalue weighted by Gasteiger charge is 2.04. The molecule has 14 heavy (non-hydrogen) atoms. The molecule has 0 saturated heterocycles. The molecule has 0 radical (unpaired) electrons. The van der Waals surface area contributed by atoms with Gasteiger partial charge in [-0.25, -0.2) is 0 Å². The Morgan fingerprint density at radius 2 is 2.21 bits per heavy atom. The fraction of sp³-hybridized carbons (Fsp3) is 0.500. The minimum atomic E-state index is 0.521. The van der Waals surface area contributed by atoms with Gasteiger partial charge >= 0.3 is 0 Å². The first-order valence-corrected chi connectivity index (χ1v) is 6.21. The third-order valence-electron chi connectivity index (χ3n) is 1.78. The lowest BCUT2D eigenvalue weighted by Crippen LogP contribution is -2.23. The first-order chi connectivity index (χ1) is 6.58. The summed E-state index contributed by atoms with van der Waals surface area (Å²) in [5.74, 6) is 0. The van der Waals surface area contributed by atoms with Crippen molar-refractivity contribution in [2.24, 2.45) is 0 Å². The third kappa shape index (κ3) is 4.53. The van der Waals surface area contributed by atoms with Gasteiger partial charge in [-0.1, -0.05) is 22.9 Å². The molecule has 0 aliphatic carbocycles. The van der Waals surface area contributed by atoms with Crippen molar-refractivity contribution in [2.45, 2.75) is 18.3 Å². The Balaban J connectivity index is 2.51. The molecule has 1 atom stereocenters. The molecule has 0 N–H and O–H groups in total. The molecule has 0 fully saturated rings. The molecule has 1 rings (SSSR count). The van der Waals surface area contributed by atoms with Gasteiger partial charge in [0.15, 0.2) is 0 Å². The van der Waals surface area contributed by atoms with Crippen LogP contribution >= 0.6 is 31.9 Å². The minimum absolute atomic E-state index is 0.521. The van der Waals surface area contributed by atoms with E-state index in [4.69, 9.17) is 0 Å². The first-order valence-electron chi connectivity index (χ1n) is 4.50. The minimum Gasteiger partial charge on any atom is -0.301 e. The van der Waals surface area contributed by atoms with E-state index in [9.17, 15) is 0 Å². The van der Waals surface area contributed by atoms with Crippen LogP contribution in [0.2, 0.25) is 0 Å². The molecule has 1 heterocycles. The van der Waals surface area contributed by atoms with Gasteiger partial charge in [0.05, 0.1) is 0 Å². The van der Waals surface area contributed by atoms with Crippen LogP contribution in [0.4, 0.5) is 0 Å². The Morgan fingerprint density at radius 3 is 2.79 bits per heavy atom. The van der Waals surface area contributed by atoms with E-state index in [2.05, 4.69) is 61.8 Å². The zero-order chi connectivity index (χ0) is 10.6. The molecule has 1 aromatic rings. The molecular formula is C10H14Br2N2. The molecule has 0 amide bonds. The van der Waals surface area contributed by atoms with Crippen LogP contribution in [-0.4, -0.2) is 28.3 Å². The second kappa shape index (κ2) is 5.83. The fourth-order valence-electron chi connectivity index (χ4n) is 1.35. The van der Waals surface area contributed by atoms with Gasteiger partial charge in [-0.2, -0.15) is 0 Å². The maximum absolute atomic E-state index is 4.13. The summed E-state index contributed by atoms with van der Waals surface area (Å²) < 4.78 is 1.04. The molecule has 0 aliphatic rings. The molecule has 0 spiro atoms. The maximum atomic E-state index is 4.13. The van der Waals surface area contributed by atoms with Gasteiger partial charge in [0.2, 0.25) is 0 Å². The number of nitrogens with zero attached hydrogens (tertiary/aromatic N) is 2. The quantitative estimate of drug-likeness (QED) is 0.792. The van der Waals surface area contributed by atoms with Crippen LogP contribution in [0.5, 0.6) is 0 Å². The fourth-order valence-corrected chi connectivity index (χ4v) is 2.25. The standard InChI is InChI=1S/C10H14Br2N2/c1-8(11)6-14(2)7-9-3-10(12)5-13-4-9/h3-5,8H,6-7H2,1-2H3. The largest absolute Gasteiger partial charge is 0.301 e. The summed E-state index contributed by atoms with van der Waals surface area (Å²) in [6, 6.07) is 2.10. The summed E-state index contributed by atoms with van der Waals surface area (Å²) in [6.07, 6.45) is 3.71. The Bertz CT molecular complexity index is 289. The van der Waals surface area contributed by atoms with E-state index in [1.54, 1.807) is 6.20 Å². The lowest BCUT2D eigenvalue weighted by Gasteiger charge is -2.17. The summed E-state index contributed by atoms with van der Waals surface area (Å²) in [5.41, 5.74) is 1.23. The van der Waals surface area contributed by atoms with Crippen molar-refractivity contribution in [1.82, 2.24) is 9.88 Å². The predicted molar refractivity (Wildman–Crippen MR) is 66.7 cm³/mol. The van der Waals surface area contributed by atoms with Crippen molar-refractivity contribution in [3.05, 3.63) is 28.5 Å². The van der Waals surface area contributed by atoms with Crippen LogP contribution in [-0.2, 0) is 6.54 Å². The molecule has 0 aliphatic heterocycles. The van der Waals surface area contributed by atoms with Gasteiger partial charge in [-0.15, -0.1) is 0 Å². The SMILES string of the molecule is CC(Br)CN(C)Cc1cncc(Br)c1. The molecular weight excluding hydrogens is 308 g/mol. The van der Waals surface area contributed by atoms with Gasteiger partial charge in [0.1, 0.15) is 0 Å². The first kappa shape index (κ1) is 12.1. The van der Waals surface area contributed by atoms with E-state index < -0.39 is 0 Å². The summed E-state index contributed by atoms with van der Waals surface area (Å²) in [6.45, 7) is 4.12. The summed E-state index contributed by atoms with van der Waals surface area (Å²) in [7, 11) is 2.11. The van der Waals surface area contributed by atoms with Crippen LogP contribution < -0.4 is 0 Å². The lowest BCUT2D eigenvalue weighted by atomic mass is 10.2. The second-order valence-corrected chi connectivity index (χ2v) is 5.97. The highest BCUT2D eigenvalue weighted by atomic mass is 79.9. The summed E-state index contributed by atoms with van der Waals surface area (Å²) >= 11 is 6.95. The van der Waals surface area contributed by atoms with E-state index in [1.807, 2.05) is 6.20 Å². The molecule has 2 nitrogen and oxygen atoms in total. The second-order valence-electron chi connectivity index (χ2n) is 3.49. The molecule has 0 saturated carbocycles. The van der Waals surface area contributed by atoms with Crippen molar-refractivity contribution < 1.29 is 0 Å². The lowest BCUT2D eigenvalue weighted by molar-refractivity contribution is 0.332. The molecule has 4 heteroatoms. The number of aromatic nitrogens is 1. The van der Waals surface area contributed by atoms with Crippen molar-refractivity contribution >= 4 is 31.9 Å². The normalized spacial score (nSPS) is 13.2. The molecule has 78 valence electrons. The Hall–Kier alpha value is 0.0700. The average molecular weight is 322 g/mol. The maximum Gasteiger partial charge on any atom is 0.0410 e. The van der Waals surface area contributed by atoms with Gasteiger partial charge in [0, 0.05) is 34.8 Å².